The van der Waals surface area contributed by atoms with Crippen molar-refractivity contribution in [1.29, 1.82) is 0 Å². The zero-order valence-corrected chi connectivity index (χ0v) is 18.4. The van der Waals surface area contributed by atoms with Gasteiger partial charge >= 0.3 is 0 Å². The van der Waals surface area contributed by atoms with Crippen molar-refractivity contribution < 1.29 is 14.6 Å². The Kier molecular flexibility index (Phi) is 4.78. The van der Waals surface area contributed by atoms with E-state index in [0.29, 0.717) is 41.3 Å². The van der Waals surface area contributed by atoms with Crippen molar-refractivity contribution in [3.05, 3.63) is 85.6 Å². The average molecular weight is 460 g/mol. The van der Waals surface area contributed by atoms with Crippen LogP contribution in [0, 0.1) is 25.6 Å². The van der Waals surface area contributed by atoms with Crippen molar-refractivity contribution in [2.24, 2.45) is 5.41 Å². The van der Waals surface area contributed by atoms with Crippen LogP contribution in [-0.4, -0.2) is 30.4 Å². The molecule has 0 radical (unpaired) electrons. The smallest absolute Gasteiger partial charge is 0.269 e. The summed E-state index contributed by atoms with van der Waals surface area (Å²) in [4.78, 5) is 39.0. The van der Waals surface area contributed by atoms with Crippen molar-refractivity contribution in [1.82, 2.24) is 14.8 Å². The van der Waals surface area contributed by atoms with E-state index >= 15 is 0 Å². The molecule has 11 nitrogen and oxygen atoms in total. The third kappa shape index (κ3) is 3.60. The van der Waals surface area contributed by atoms with Crippen molar-refractivity contribution in [3.63, 3.8) is 0 Å². The van der Waals surface area contributed by atoms with Gasteiger partial charge in [-0.3, -0.25) is 25.0 Å². The maximum absolute atomic E-state index is 13.3. The molecular weight excluding hydrogens is 440 g/mol. The Balaban J connectivity index is 1.63. The standard InChI is InChI=1S/C23H20N6O5/c1-23(2)11-17-19(18(30)12-23)20(13-3-7-15(8-4-13)28(31)32)27-22(24-17)25-21(26-27)14-5-9-16(10-6-14)29(33)34/h3-10,20H,11-12H2,1-2H3,(H,24,25,26). The highest BCUT2D eigenvalue weighted by atomic mass is 16.6. The second-order valence-electron chi connectivity index (χ2n) is 9.22. The van der Waals surface area contributed by atoms with Crippen LogP contribution in [0.15, 0.2) is 59.8 Å². The maximum atomic E-state index is 13.3. The molecule has 11 heteroatoms. The molecule has 172 valence electrons. The summed E-state index contributed by atoms with van der Waals surface area (Å²) in [6, 6.07) is 11.4. The van der Waals surface area contributed by atoms with Crippen LogP contribution in [-0.2, 0) is 4.79 Å². The van der Waals surface area contributed by atoms with E-state index in [1.165, 1.54) is 24.3 Å². The molecular formula is C23H20N6O5. The lowest BCUT2D eigenvalue weighted by Gasteiger charge is -2.38. The summed E-state index contributed by atoms with van der Waals surface area (Å²) in [5.41, 5.74) is 2.27. The Bertz CT molecular complexity index is 1370. The van der Waals surface area contributed by atoms with Gasteiger partial charge in [0.15, 0.2) is 11.6 Å². The number of non-ortho nitro benzene ring substituents is 2. The molecule has 5 rings (SSSR count). The lowest BCUT2D eigenvalue weighted by molar-refractivity contribution is -0.385. The first-order valence-corrected chi connectivity index (χ1v) is 10.6. The molecule has 1 aromatic heterocycles. The normalized spacial score (nSPS) is 18.6. The van der Waals surface area contributed by atoms with E-state index in [1.54, 1.807) is 28.9 Å². The van der Waals surface area contributed by atoms with Gasteiger partial charge in [-0.05, 0) is 41.7 Å². The molecule has 2 aromatic carbocycles. The Morgan fingerprint density at radius 2 is 1.56 bits per heavy atom. The zero-order chi connectivity index (χ0) is 24.2. The van der Waals surface area contributed by atoms with Gasteiger partial charge in [-0.15, -0.1) is 5.10 Å². The predicted octanol–water partition coefficient (Wildman–Crippen LogP) is 4.42. The van der Waals surface area contributed by atoms with Crippen LogP contribution < -0.4 is 5.32 Å². The molecule has 0 amide bonds. The van der Waals surface area contributed by atoms with Gasteiger partial charge in [-0.25, -0.2) is 4.68 Å². The van der Waals surface area contributed by atoms with E-state index in [0.717, 1.165) is 5.70 Å². The summed E-state index contributed by atoms with van der Waals surface area (Å²) < 4.78 is 1.60. The van der Waals surface area contributed by atoms with E-state index in [4.69, 9.17) is 0 Å². The number of allylic oxidation sites excluding steroid dienone is 2. The number of carbonyl (C=O) groups is 1. The number of carbonyl (C=O) groups excluding carboxylic acids is 1. The first-order valence-electron chi connectivity index (χ1n) is 10.6. The van der Waals surface area contributed by atoms with Gasteiger partial charge in [0, 0.05) is 47.5 Å². The summed E-state index contributed by atoms with van der Waals surface area (Å²) in [6.07, 6.45) is 1.01. The van der Waals surface area contributed by atoms with Gasteiger partial charge in [0.25, 0.3) is 11.4 Å². The minimum absolute atomic E-state index is 0.0138. The van der Waals surface area contributed by atoms with Gasteiger partial charge in [0.2, 0.25) is 5.95 Å². The minimum Gasteiger partial charge on any atom is -0.328 e. The number of aromatic nitrogens is 3. The molecule has 1 aliphatic carbocycles. The van der Waals surface area contributed by atoms with Gasteiger partial charge in [0.05, 0.1) is 9.85 Å². The number of Topliss-reactive ketones (excluding diaryl/α,β-unsaturated/α-hetero) is 1. The quantitative estimate of drug-likeness (QED) is 0.445. The first kappa shape index (κ1) is 21.4. The predicted molar refractivity (Wildman–Crippen MR) is 122 cm³/mol. The molecule has 1 aliphatic heterocycles. The lowest BCUT2D eigenvalue weighted by atomic mass is 9.73. The first-order chi connectivity index (χ1) is 16.1. The number of fused-ring (bicyclic) bond motifs is 1. The van der Waals surface area contributed by atoms with Crippen molar-refractivity contribution in [3.8, 4) is 11.4 Å². The molecule has 0 bridgehead atoms. The van der Waals surface area contributed by atoms with Gasteiger partial charge in [0.1, 0.15) is 6.04 Å². The maximum Gasteiger partial charge on any atom is 0.269 e. The highest BCUT2D eigenvalue weighted by Crippen LogP contribution is 2.45. The third-order valence-corrected chi connectivity index (χ3v) is 6.09. The summed E-state index contributed by atoms with van der Waals surface area (Å²) in [6.45, 7) is 4.05. The summed E-state index contributed by atoms with van der Waals surface area (Å²) in [7, 11) is 0. The third-order valence-electron chi connectivity index (χ3n) is 6.09. The minimum atomic E-state index is -0.602. The van der Waals surface area contributed by atoms with E-state index in [1.807, 2.05) is 13.8 Å². The van der Waals surface area contributed by atoms with Crippen molar-refractivity contribution in [2.45, 2.75) is 32.7 Å². The molecule has 0 fully saturated rings. The molecule has 2 heterocycles. The summed E-state index contributed by atoms with van der Waals surface area (Å²) >= 11 is 0. The Hall–Kier alpha value is -4.41. The summed E-state index contributed by atoms with van der Waals surface area (Å²) in [5, 5.41) is 30.0. The van der Waals surface area contributed by atoms with Crippen LogP contribution >= 0.6 is 0 Å². The van der Waals surface area contributed by atoms with Crippen molar-refractivity contribution >= 4 is 23.1 Å². The average Bonchev–Trinajstić information content (AvgIpc) is 3.20. The molecule has 0 saturated heterocycles. The zero-order valence-electron chi connectivity index (χ0n) is 18.4. The SMILES string of the molecule is CC1(C)CC(=O)C2=C(C1)Nc1nc(-c3ccc([N+](=O)[O-])cc3)nn1C2c1ccc([N+](=O)[O-])cc1. The monoisotopic (exact) mass is 460 g/mol. The van der Waals surface area contributed by atoms with Gasteiger partial charge in [-0.2, -0.15) is 4.98 Å². The molecule has 1 N–H and O–H groups in total. The fraction of sp³-hybridized carbons (Fsp3) is 0.261. The molecule has 1 unspecified atom stereocenters. The van der Waals surface area contributed by atoms with Crippen molar-refractivity contribution in [2.75, 3.05) is 5.32 Å². The van der Waals surface area contributed by atoms with Crippen LogP contribution in [0.25, 0.3) is 11.4 Å². The summed E-state index contributed by atoms with van der Waals surface area (Å²) in [5.74, 6) is 0.761. The topological polar surface area (TPSA) is 146 Å². The molecule has 2 aliphatic rings. The van der Waals surface area contributed by atoms with E-state index in [-0.39, 0.29) is 22.6 Å². The van der Waals surface area contributed by atoms with Gasteiger partial charge in [-0.1, -0.05) is 13.8 Å². The number of rotatable bonds is 4. The Morgan fingerprint density at radius 3 is 2.15 bits per heavy atom. The number of ketones is 1. The number of nitro benzene ring substituents is 2. The van der Waals surface area contributed by atoms with Crippen LogP contribution in [0.3, 0.4) is 0 Å². The van der Waals surface area contributed by atoms with Crippen LogP contribution in [0.2, 0.25) is 0 Å². The van der Waals surface area contributed by atoms with E-state index in [2.05, 4.69) is 15.4 Å². The molecule has 1 atom stereocenters. The number of benzene rings is 2. The lowest BCUT2D eigenvalue weighted by Crippen LogP contribution is -2.36. The van der Waals surface area contributed by atoms with E-state index in [9.17, 15) is 25.0 Å². The van der Waals surface area contributed by atoms with Crippen LogP contribution in [0.1, 0.15) is 38.3 Å². The van der Waals surface area contributed by atoms with Crippen LogP contribution in [0.4, 0.5) is 17.3 Å². The number of anilines is 1. The fourth-order valence-corrected chi connectivity index (χ4v) is 4.55. The highest BCUT2D eigenvalue weighted by Gasteiger charge is 2.42. The number of hydrogen-bond donors (Lipinski definition) is 1. The highest BCUT2D eigenvalue weighted by molar-refractivity contribution is 6.00. The van der Waals surface area contributed by atoms with Crippen LogP contribution in [0.5, 0.6) is 0 Å². The molecule has 0 spiro atoms. The number of nitrogens with zero attached hydrogens (tertiary/aromatic N) is 5. The Labute approximate surface area is 193 Å². The molecule has 34 heavy (non-hydrogen) atoms. The second-order valence-corrected chi connectivity index (χ2v) is 9.22. The fourth-order valence-electron chi connectivity index (χ4n) is 4.55. The second kappa shape index (κ2) is 7.58. The Morgan fingerprint density at radius 1 is 0.971 bits per heavy atom. The number of nitro groups is 2. The molecule has 3 aromatic rings. The van der Waals surface area contributed by atoms with E-state index < -0.39 is 15.9 Å². The number of hydrogen-bond acceptors (Lipinski definition) is 8. The largest absolute Gasteiger partial charge is 0.328 e. The molecule has 0 saturated carbocycles. The number of nitrogens with one attached hydrogen (secondary N) is 1. The van der Waals surface area contributed by atoms with Gasteiger partial charge < -0.3 is 5.32 Å².